The molecule has 0 saturated carbocycles. The number of anilines is 2. The maximum Gasteiger partial charge on any atom is 0.229 e. The van der Waals surface area contributed by atoms with E-state index in [1.54, 1.807) is 18.2 Å². The highest BCUT2D eigenvalue weighted by atomic mass is 32.2. The molecule has 0 radical (unpaired) electrons. The van der Waals surface area contributed by atoms with E-state index in [2.05, 4.69) is 4.98 Å². The minimum absolute atomic E-state index is 0.0219. The predicted molar refractivity (Wildman–Crippen MR) is 62.5 cm³/mol. The molecule has 1 unspecified atom stereocenters. The minimum Gasteiger partial charge on any atom is -0.384 e. The fraction of sp³-hybridized carbons (Fsp3) is 0.333. The van der Waals surface area contributed by atoms with Crippen molar-refractivity contribution >= 4 is 27.6 Å². The normalized spacial score (nSPS) is 20.9. The lowest BCUT2D eigenvalue weighted by Gasteiger charge is -2.15. The summed E-state index contributed by atoms with van der Waals surface area (Å²) in [5.74, 6) is 0.303. The van der Waals surface area contributed by atoms with Crippen LogP contribution in [0.5, 0.6) is 0 Å². The summed E-state index contributed by atoms with van der Waals surface area (Å²) >= 11 is 0. The zero-order valence-electron chi connectivity index (χ0n) is 8.91. The Morgan fingerprint density at radius 3 is 2.65 bits per heavy atom. The van der Waals surface area contributed by atoms with E-state index in [4.69, 9.17) is 10.9 Å². The second-order valence-corrected chi connectivity index (χ2v) is 5.68. The van der Waals surface area contributed by atoms with Gasteiger partial charge < -0.3 is 5.73 Å². The first-order chi connectivity index (χ1) is 7.88. The van der Waals surface area contributed by atoms with Crippen LogP contribution in [0.25, 0.3) is 0 Å². The number of nitrogen functional groups attached to an aromatic ring is 1. The van der Waals surface area contributed by atoms with Gasteiger partial charge in [-0.15, -0.1) is 0 Å². The topological polar surface area (TPSA) is 119 Å². The molecular weight excluding hydrogens is 244 g/mol. The van der Waals surface area contributed by atoms with Crippen LogP contribution in [0.15, 0.2) is 18.2 Å². The Morgan fingerprint density at radius 2 is 2.12 bits per heavy atom. The molecule has 2 rings (SSSR count). The van der Waals surface area contributed by atoms with Crippen LogP contribution in [-0.4, -0.2) is 31.1 Å². The van der Waals surface area contributed by atoms with Crippen molar-refractivity contribution in [3.8, 4) is 0 Å². The van der Waals surface area contributed by atoms with E-state index in [0.29, 0.717) is 5.82 Å². The van der Waals surface area contributed by atoms with Gasteiger partial charge in [0.2, 0.25) is 15.9 Å². The summed E-state index contributed by atoms with van der Waals surface area (Å²) in [6.07, 6.45) is -0.116. The van der Waals surface area contributed by atoms with E-state index in [0.717, 1.165) is 0 Å². The lowest BCUT2D eigenvalue weighted by Crippen LogP contribution is -2.32. The van der Waals surface area contributed by atoms with Crippen molar-refractivity contribution in [1.82, 2.24) is 4.98 Å². The molecule has 4 N–H and O–H groups in total. The highest BCUT2D eigenvalue weighted by molar-refractivity contribution is 7.89. The molecule has 0 aromatic carbocycles. The van der Waals surface area contributed by atoms with Crippen LogP contribution in [0.4, 0.5) is 11.6 Å². The molecule has 1 atom stereocenters. The number of nitrogens with zero attached hydrogens (tertiary/aromatic N) is 2. The zero-order chi connectivity index (χ0) is 12.6. The molecule has 17 heavy (non-hydrogen) atoms. The fourth-order valence-corrected chi connectivity index (χ4v) is 2.44. The number of aromatic nitrogens is 1. The van der Waals surface area contributed by atoms with Crippen molar-refractivity contribution in [2.75, 3.05) is 17.2 Å². The molecule has 1 aliphatic rings. The number of primary sulfonamides is 1. The number of amides is 1. The molecule has 1 fully saturated rings. The highest BCUT2D eigenvalue weighted by Gasteiger charge is 2.37. The molecule has 1 saturated heterocycles. The van der Waals surface area contributed by atoms with Crippen LogP contribution in [0.3, 0.4) is 0 Å². The fourth-order valence-electron chi connectivity index (χ4n) is 1.71. The molecule has 0 aliphatic carbocycles. The Labute approximate surface area is 98.5 Å². The lowest BCUT2D eigenvalue weighted by molar-refractivity contribution is -0.117. The van der Waals surface area contributed by atoms with Crippen LogP contribution in [-0.2, 0) is 14.8 Å². The van der Waals surface area contributed by atoms with Crippen molar-refractivity contribution in [1.29, 1.82) is 0 Å². The Bertz CT molecular complexity index is 557. The summed E-state index contributed by atoms with van der Waals surface area (Å²) in [6, 6.07) is 4.83. The van der Waals surface area contributed by atoms with E-state index >= 15 is 0 Å². The van der Waals surface area contributed by atoms with Crippen molar-refractivity contribution < 1.29 is 13.2 Å². The largest absolute Gasteiger partial charge is 0.384 e. The number of sulfonamides is 1. The highest BCUT2D eigenvalue weighted by Crippen LogP contribution is 2.22. The van der Waals surface area contributed by atoms with Gasteiger partial charge in [0.1, 0.15) is 16.9 Å². The molecule has 0 bridgehead atoms. The van der Waals surface area contributed by atoms with Gasteiger partial charge in [-0.25, -0.2) is 18.5 Å². The monoisotopic (exact) mass is 256 g/mol. The summed E-state index contributed by atoms with van der Waals surface area (Å²) in [7, 11) is -3.71. The van der Waals surface area contributed by atoms with Crippen LogP contribution in [0, 0.1) is 0 Å². The summed E-state index contributed by atoms with van der Waals surface area (Å²) in [4.78, 5) is 16.9. The summed E-state index contributed by atoms with van der Waals surface area (Å²) in [5, 5.41) is 4.14. The van der Waals surface area contributed by atoms with E-state index in [-0.39, 0.29) is 24.7 Å². The first-order valence-electron chi connectivity index (χ1n) is 4.92. The predicted octanol–water partition coefficient (Wildman–Crippen LogP) is -0.942. The maximum absolute atomic E-state index is 11.7. The summed E-state index contributed by atoms with van der Waals surface area (Å²) in [5.41, 5.74) is 5.50. The Kier molecular flexibility index (Phi) is 2.76. The average Bonchev–Trinajstić information content (AvgIpc) is 2.60. The third-order valence-corrected chi connectivity index (χ3v) is 3.83. The van der Waals surface area contributed by atoms with Gasteiger partial charge in [-0.2, -0.15) is 0 Å². The molecule has 1 aromatic heterocycles. The number of nitrogens with two attached hydrogens (primary N) is 2. The Balaban J connectivity index is 2.28. The van der Waals surface area contributed by atoms with Crippen LogP contribution in [0.2, 0.25) is 0 Å². The van der Waals surface area contributed by atoms with E-state index in [9.17, 15) is 13.2 Å². The van der Waals surface area contributed by atoms with E-state index in [1.165, 1.54) is 4.90 Å². The molecule has 7 nitrogen and oxygen atoms in total. The first kappa shape index (κ1) is 11.8. The number of pyridine rings is 1. The lowest BCUT2D eigenvalue weighted by atomic mass is 10.4. The smallest absolute Gasteiger partial charge is 0.229 e. The number of hydrogen-bond acceptors (Lipinski definition) is 5. The van der Waals surface area contributed by atoms with Gasteiger partial charge >= 0.3 is 0 Å². The van der Waals surface area contributed by atoms with Crippen molar-refractivity contribution in [3.63, 3.8) is 0 Å². The molecular formula is C9H12N4O3S. The van der Waals surface area contributed by atoms with Crippen LogP contribution in [0.1, 0.15) is 6.42 Å². The number of hydrogen-bond donors (Lipinski definition) is 2. The standard InChI is InChI=1S/C9H12N4O3S/c10-7-2-1-3-8(12-7)13-5-6(4-9(13)14)17(11,15)16/h1-3,6H,4-5H2,(H2,10,12)(H2,11,15,16). The number of carbonyl (C=O) groups excluding carboxylic acids is 1. The molecule has 8 heteroatoms. The van der Waals surface area contributed by atoms with Gasteiger partial charge in [-0.3, -0.25) is 9.69 Å². The Morgan fingerprint density at radius 1 is 1.41 bits per heavy atom. The quantitative estimate of drug-likeness (QED) is 0.707. The van der Waals surface area contributed by atoms with Gasteiger partial charge in [0, 0.05) is 13.0 Å². The maximum atomic E-state index is 11.7. The molecule has 2 heterocycles. The van der Waals surface area contributed by atoms with Crippen LogP contribution < -0.4 is 15.8 Å². The van der Waals surface area contributed by atoms with Crippen molar-refractivity contribution in [2.24, 2.45) is 5.14 Å². The van der Waals surface area contributed by atoms with Gasteiger partial charge in [0.05, 0.1) is 0 Å². The van der Waals surface area contributed by atoms with Gasteiger partial charge in [0.15, 0.2) is 0 Å². The SMILES string of the molecule is Nc1cccc(N2CC(S(N)(=O)=O)CC2=O)n1. The summed E-state index contributed by atoms with van der Waals surface area (Å²) in [6.45, 7) is 0.0219. The van der Waals surface area contributed by atoms with E-state index in [1.807, 2.05) is 0 Å². The average molecular weight is 256 g/mol. The second kappa shape index (κ2) is 3.97. The molecule has 1 amide bonds. The molecule has 92 valence electrons. The molecule has 1 aromatic rings. The number of rotatable bonds is 2. The first-order valence-corrected chi connectivity index (χ1v) is 6.53. The zero-order valence-corrected chi connectivity index (χ0v) is 9.72. The van der Waals surface area contributed by atoms with E-state index < -0.39 is 15.3 Å². The second-order valence-electron chi connectivity index (χ2n) is 3.84. The molecule has 0 spiro atoms. The number of carbonyl (C=O) groups is 1. The van der Waals surface area contributed by atoms with Gasteiger partial charge in [0.25, 0.3) is 0 Å². The minimum atomic E-state index is -3.71. The summed E-state index contributed by atoms with van der Waals surface area (Å²) < 4.78 is 22.4. The third kappa shape index (κ3) is 2.37. The van der Waals surface area contributed by atoms with Crippen molar-refractivity contribution in [2.45, 2.75) is 11.7 Å². The van der Waals surface area contributed by atoms with Gasteiger partial charge in [-0.1, -0.05) is 6.07 Å². The molecule has 1 aliphatic heterocycles. The van der Waals surface area contributed by atoms with Crippen LogP contribution >= 0.6 is 0 Å². The Hall–Kier alpha value is -1.67. The van der Waals surface area contributed by atoms with Crippen molar-refractivity contribution in [3.05, 3.63) is 18.2 Å². The third-order valence-electron chi connectivity index (χ3n) is 2.59. The van der Waals surface area contributed by atoms with Gasteiger partial charge in [-0.05, 0) is 12.1 Å².